The van der Waals surface area contributed by atoms with E-state index in [2.05, 4.69) is 15.1 Å². The first kappa shape index (κ1) is 15.9. The van der Waals surface area contributed by atoms with E-state index < -0.39 is 0 Å². The van der Waals surface area contributed by atoms with Gasteiger partial charge in [0.15, 0.2) is 5.65 Å². The third-order valence-corrected chi connectivity index (χ3v) is 6.99. The summed E-state index contributed by atoms with van der Waals surface area (Å²) in [6.07, 6.45) is 6.42. The number of rotatable bonds is 1. The molecule has 5 heterocycles. The van der Waals surface area contributed by atoms with Crippen LogP contribution in [-0.2, 0) is 17.6 Å². The maximum Gasteiger partial charge on any atom is 0.200 e. The van der Waals surface area contributed by atoms with E-state index in [1.54, 1.807) is 17.7 Å². The third-order valence-electron chi connectivity index (χ3n) is 5.63. The summed E-state index contributed by atoms with van der Waals surface area (Å²) in [5, 5.41) is 8.53. The summed E-state index contributed by atoms with van der Waals surface area (Å²) in [4.78, 5) is 13.3. The van der Waals surface area contributed by atoms with Crippen LogP contribution in [0.2, 0.25) is 0 Å². The zero-order chi connectivity index (χ0) is 18.0. The molecule has 1 saturated heterocycles. The Balaban J connectivity index is 1.70. The van der Waals surface area contributed by atoms with Crippen molar-refractivity contribution in [3.8, 4) is 0 Å². The molecule has 0 amide bonds. The maximum absolute atomic E-state index is 5.55. The molecule has 4 aromatic rings. The van der Waals surface area contributed by atoms with Crippen LogP contribution in [0.3, 0.4) is 0 Å². The van der Waals surface area contributed by atoms with Crippen LogP contribution in [0.15, 0.2) is 6.33 Å². The Kier molecular flexibility index (Phi) is 3.51. The summed E-state index contributed by atoms with van der Waals surface area (Å²) in [5.74, 6) is 1.15. The topological polar surface area (TPSA) is 71.3 Å². The van der Waals surface area contributed by atoms with E-state index in [1.165, 1.54) is 29.4 Å². The summed E-state index contributed by atoms with van der Waals surface area (Å²) in [7, 11) is 0. The number of aromatic amines is 1. The quantitative estimate of drug-likeness (QED) is 0.496. The van der Waals surface area contributed by atoms with Crippen molar-refractivity contribution in [3.05, 3.63) is 22.2 Å². The second-order valence-corrected chi connectivity index (χ2v) is 8.51. The molecular weight excluding hydrogens is 380 g/mol. The summed E-state index contributed by atoms with van der Waals surface area (Å²) >= 11 is 6.98. The number of aromatic nitrogens is 5. The van der Waals surface area contributed by atoms with Gasteiger partial charge in [0.25, 0.3) is 0 Å². The van der Waals surface area contributed by atoms with E-state index in [-0.39, 0.29) is 0 Å². The molecule has 0 saturated carbocycles. The van der Waals surface area contributed by atoms with Gasteiger partial charge in [-0.15, -0.1) is 11.3 Å². The van der Waals surface area contributed by atoms with E-state index in [0.29, 0.717) is 4.77 Å². The molecule has 0 spiro atoms. The van der Waals surface area contributed by atoms with E-state index in [4.69, 9.17) is 26.9 Å². The fraction of sp³-hybridized carbons (Fsp3) is 0.444. The number of thiophene rings is 1. The molecule has 7 nitrogen and oxygen atoms in total. The molecule has 9 heteroatoms. The van der Waals surface area contributed by atoms with Crippen molar-refractivity contribution in [2.75, 3.05) is 31.2 Å². The van der Waals surface area contributed by atoms with Crippen molar-refractivity contribution in [1.82, 2.24) is 24.6 Å². The molecular formula is C18H18N6OS2. The average molecular weight is 399 g/mol. The second-order valence-electron chi connectivity index (χ2n) is 7.13. The summed E-state index contributed by atoms with van der Waals surface area (Å²) in [6, 6.07) is 0. The Morgan fingerprint density at radius 1 is 1.15 bits per heavy atom. The number of aryl methyl sites for hydroxylation is 1. The van der Waals surface area contributed by atoms with Gasteiger partial charge in [-0.25, -0.2) is 9.97 Å². The van der Waals surface area contributed by atoms with Gasteiger partial charge < -0.3 is 9.64 Å². The molecule has 0 atom stereocenters. The SMILES string of the molecule is S=c1[nH]nc2c3sc4nc(N5CCOCC5)c5c(c4c3ncn12)CCCC5. The van der Waals surface area contributed by atoms with Crippen LogP contribution in [0, 0.1) is 4.77 Å². The van der Waals surface area contributed by atoms with Crippen molar-refractivity contribution < 1.29 is 4.74 Å². The highest BCUT2D eigenvalue weighted by atomic mass is 32.1. The minimum absolute atomic E-state index is 0.570. The Labute approximate surface area is 164 Å². The Hall–Kier alpha value is -2.10. The number of nitrogens with zero attached hydrogens (tertiary/aromatic N) is 5. The molecule has 0 radical (unpaired) electrons. The van der Waals surface area contributed by atoms with Gasteiger partial charge >= 0.3 is 0 Å². The fourth-order valence-corrected chi connectivity index (χ4v) is 5.67. The van der Waals surface area contributed by atoms with Crippen LogP contribution in [-0.4, -0.2) is 50.9 Å². The maximum atomic E-state index is 5.55. The average Bonchev–Trinajstić information content (AvgIpc) is 3.28. The third kappa shape index (κ3) is 2.28. The van der Waals surface area contributed by atoms with Crippen LogP contribution in [0.5, 0.6) is 0 Å². The van der Waals surface area contributed by atoms with Gasteiger partial charge in [0, 0.05) is 18.5 Å². The van der Waals surface area contributed by atoms with Crippen molar-refractivity contribution in [2.45, 2.75) is 25.7 Å². The number of hydrogen-bond acceptors (Lipinski definition) is 7. The summed E-state index contributed by atoms with van der Waals surface area (Å²) in [5.41, 5.74) is 4.70. The van der Waals surface area contributed by atoms with Gasteiger partial charge in [-0.1, -0.05) is 0 Å². The molecule has 1 aliphatic heterocycles. The molecule has 1 fully saturated rings. The highest BCUT2D eigenvalue weighted by Crippen LogP contribution is 2.42. The number of hydrogen-bond donors (Lipinski definition) is 1. The largest absolute Gasteiger partial charge is 0.378 e. The molecule has 6 rings (SSSR count). The van der Waals surface area contributed by atoms with E-state index in [9.17, 15) is 0 Å². The number of ether oxygens (including phenoxy) is 1. The van der Waals surface area contributed by atoms with Gasteiger partial charge in [0.2, 0.25) is 4.77 Å². The highest BCUT2D eigenvalue weighted by molar-refractivity contribution is 7.71. The highest BCUT2D eigenvalue weighted by Gasteiger charge is 2.26. The van der Waals surface area contributed by atoms with Gasteiger partial charge in [-0.2, -0.15) is 5.10 Å². The van der Waals surface area contributed by atoms with Crippen molar-refractivity contribution in [1.29, 1.82) is 0 Å². The molecule has 1 aliphatic carbocycles. The predicted molar refractivity (Wildman–Crippen MR) is 109 cm³/mol. The molecule has 4 aromatic heterocycles. The van der Waals surface area contributed by atoms with E-state index >= 15 is 0 Å². The molecule has 2 aliphatic rings. The minimum atomic E-state index is 0.570. The number of nitrogens with one attached hydrogen (secondary N) is 1. The summed E-state index contributed by atoms with van der Waals surface area (Å²) < 4.78 is 9.01. The van der Waals surface area contributed by atoms with Gasteiger partial charge in [-0.05, 0) is 49.0 Å². The number of morpholine rings is 1. The lowest BCUT2D eigenvalue weighted by atomic mass is 9.90. The molecule has 0 aromatic carbocycles. The normalized spacial score (nSPS) is 17.9. The number of anilines is 1. The Morgan fingerprint density at radius 3 is 2.81 bits per heavy atom. The minimum Gasteiger partial charge on any atom is -0.378 e. The van der Waals surface area contributed by atoms with Crippen LogP contribution < -0.4 is 4.90 Å². The first-order valence-corrected chi connectivity index (χ1v) is 10.6. The molecule has 0 unspecified atom stereocenters. The molecule has 1 N–H and O–H groups in total. The Bertz CT molecular complexity index is 1250. The van der Waals surface area contributed by atoms with Crippen molar-refractivity contribution in [3.63, 3.8) is 0 Å². The second kappa shape index (κ2) is 5.95. The van der Waals surface area contributed by atoms with Gasteiger partial charge in [0.1, 0.15) is 21.7 Å². The lowest BCUT2D eigenvalue weighted by Gasteiger charge is -2.31. The number of fused-ring (bicyclic) bond motifs is 7. The monoisotopic (exact) mass is 398 g/mol. The first-order valence-electron chi connectivity index (χ1n) is 9.33. The van der Waals surface area contributed by atoms with Crippen LogP contribution in [0.1, 0.15) is 24.0 Å². The lowest BCUT2D eigenvalue weighted by molar-refractivity contribution is 0.122. The standard InChI is InChI=1S/C18H18N6OS2/c26-18-22-21-16-14-13(19-9-24(16)18)12-10-3-1-2-4-11(10)15(20-17(12)27-14)23-5-7-25-8-6-23/h9H,1-8H2,(H,22,26). The lowest BCUT2D eigenvalue weighted by Crippen LogP contribution is -2.37. The van der Waals surface area contributed by atoms with Crippen LogP contribution in [0.25, 0.3) is 26.1 Å². The fourth-order valence-electron chi connectivity index (χ4n) is 4.35. The molecule has 138 valence electrons. The van der Waals surface area contributed by atoms with Crippen molar-refractivity contribution in [2.24, 2.45) is 0 Å². The molecule has 27 heavy (non-hydrogen) atoms. The van der Waals surface area contributed by atoms with Crippen LogP contribution >= 0.6 is 23.6 Å². The summed E-state index contributed by atoms with van der Waals surface area (Å²) in [6.45, 7) is 3.36. The smallest absolute Gasteiger partial charge is 0.200 e. The zero-order valence-electron chi connectivity index (χ0n) is 14.7. The van der Waals surface area contributed by atoms with E-state index in [0.717, 1.165) is 65.7 Å². The van der Waals surface area contributed by atoms with Gasteiger partial charge in [-0.3, -0.25) is 9.50 Å². The van der Waals surface area contributed by atoms with Gasteiger partial charge in [0.05, 0.1) is 18.7 Å². The van der Waals surface area contributed by atoms with E-state index in [1.807, 2.05) is 4.40 Å². The number of H-pyrrole nitrogens is 1. The molecule has 0 bridgehead atoms. The zero-order valence-corrected chi connectivity index (χ0v) is 16.3. The predicted octanol–water partition coefficient (Wildman–Crippen LogP) is 3.27. The first-order chi connectivity index (χ1) is 13.3. The number of pyridine rings is 1. The van der Waals surface area contributed by atoms with Crippen molar-refractivity contribution >= 4 is 55.5 Å². The van der Waals surface area contributed by atoms with Crippen LogP contribution in [0.4, 0.5) is 5.82 Å². The Morgan fingerprint density at radius 2 is 1.96 bits per heavy atom.